The molecule has 1 fully saturated rings. The lowest BCUT2D eigenvalue weighted by atomic mass is 10.8. The molecule has 1 N–H and O–H groups in total. The van der Waals surface area contributed by atoms with E-state index in [0.29, 0.717) is 0 Å². The first kappa shape index (κ1) is 9.40. The van der Waals surface area contributed by atoms with E-state index in [1.807, 2.05) is 0 Å². The van der Waals surface area contributed by atoms with E-state index in [4.69, 9.17) is 15.3 Å². The summed E-state index contributed by atoms with van der Waals surface area (Å²) in [7, 11) is 0. The maximum absolute atomic E-state index is 11.6. The monoisotopic (exact) mass is 169 g/mol. The second-order valence-corrected chi connectivity index (χ2v) is 1.33. The number of hydrogen-bond acceptors (Lipinski definition) is 5. The topological polar surface area (TPSA) is 98.9 Å². The second kappa shape index (κ2) is 4.25. The highest BCUT2D eigenvalue weighted by atomic mass is 19.1. The zero-order valence-corrected chi connectivity index (χ0v) is 5.10. The van der Waals surface area contributed by atoms with Crippen molar-refractivity contribution >= 4 is 6.16 Å². The summed E-state index contributed by atoms with van der Waals surface area (Å²) >= 11 is 0. The number of halogens is 1. The van der Waals surface area contributed by atoms with Gasteiger partial charge in [0.15, 0.2) is 6.61 Å². The third kappa shape index (κ3) is 6.28. The Hall–Kier alpha value is -1.60. The van der Waals surface area contributed by atoms with Gasteiger partial charge in [-0.25, -0.2) is 4.79 Å². The summed E-state index contributed by atoms with van der Waals surface area (Å²) in [5, 5.41) is 13.6. The Morgan fingerprint density at radius 3 is 2.36 bits per heavy atom. The third-order valence-electron chi connectivity index (χ3n) is 0.556. The van der Waals surface area contributed by atoms with Crippen LogP contribution in [0.4, 0.5) is 9.18 Å². The van der Waals surface area contributed by atoms with Gasteiger partial charge in [-0.15, -0.1) is 10.1 Å². The number of carbonyl (C=O) groups is 1. The Morgan fingerprint density at radius 2 is 2.27 bits per heavy atom. The first-order chi connectivity index (χ1) is 5.02. The number of ether oxygens (including phenoxy) is 2. The Balaban J connectivity index is 0.000000218. The number of nitrogens with zero attached hydrogens (tertiary/aromatic N) is 1. The number of hydrogen-bond donors (Lipinski definition) is 1. The van der Waals surface area contributed by atoms with E-state index >= 15 is 0 Å². The van der Waals surface area contributed by atoms with Crippen molar-refractivity contribution in [3.8, 4) is 0 Å². The Labute approximate surface area is 59.4 Å². The Bertz CT molecular complexity index is 156. The zero-order chi connectivity index (χ0) is 8.85. The lowest BCUT2D eigenvalue weighted by Crippen LogP contribution is -1.98. The molecule has 0 bridgehead atoms. The normalized spacial score (nSPS) is 20.8. The van der Waals surface area contributed by atoms with Crippen LogP contribution in [0.25, 0.3) is 0 Å². The van der Waals surface area contributed by atoms with Crippen LogP contribution in [0.1, 0.15) is 0 Å². The molecule has 1 aliphatic rings. The predicted molar refractivity (Wildman–Crippen MR) is 26.1 cm³/mol. The van der Waals surface area contributed by atoms with Crippen molar-refractivity contribution in [3.63, 3.8) is 0 Å². The first-order valence-corrected chi connectivity index (χ1v) is 2.33. The summed E-state index contributed by atoms with van der Waals surface area (Å²) in [5.74, 6) is 0. The van der Waals surface area contributed by atoms with Crippen molar-refractivity contribution in [1.82, 2.24) is 0 Å². The summed E-state index contributed by atoms with van der Waals surface area (Å²) in [6, 6.07) is 0. The fourth-order valence-electron chi connectivity index (χ4n) is 0.306. The van der Waals surface area contributed by atoms with Crippen molar-refractivity contribution in [2.75, 3.05) is 6.61 Å². The number of alkyl halides is 1. The molecule has 1 atom stereocenters. The minimum absolute atomic E-state index is 0.265. The summed E-state index contributed by atoms with van der Waals surface area (Å²) < 4.78 is 19.5. The highest BCUT2D eigenvalue weighted by molar-refractivity contribution is 5.61. The molecule has 8 heteroatoms. The molecule has 0 aliphatic carbocycles. The van der Waals surface area contributed by atoms with Crippen molar-refractivity contribution < 1.29 is 29.0 Å². The second-order valence-electron chi connectivity index (χ2n) is 1.33. The SMILES string of the molecule is O=C1OCC(F)O1.O=[N+]([O-])O. The Kier molecular flexibility index (Phi) is 3.63. The van der Waals surface area contributed by atoms with Crippen LogP contribution in [0.15, 0.2) is 0 Å². The maximum Gasteiger partial charge on any atom is 0.511 e. The third-order valence-corrected chi connectivity index (χ3v) is 0.556. The molecule has 0 aromatic heterocycles. The molecule has 11 heavy (non-hydrogen) atoms. The van der Waals surface area contributed by atoms with Gasteiger partial charge in [-0.1, -0.05) is 0 Å². The molecular weight excluding hydrogens is 165 g/mol. The molecule has 0 spiro atoms. The van der Waals surface area contributed by atoms with Crippen LogP contribution in [-0.4, -0.2) is 29.4 Å². The average molecular weight is 169 g/mol. The van der Waals surface area contributed by atoms with Crippen molar-refractivity contribution in [3.05, 3.63) is 10.1 Å². The summed E-state index contributed by atoms with van der Waals surface area (Å²) in [6.45, 7) is -0.265. The molecule has 1 unspecified atom stereocenters. The first-order valence-electron chi connectivity index (χ1n) is 2.33. The van der Waals surface area contributed by atoms with Gasteiger partial charge in [0, 0.05) is 0 Å². The molecule has 1 heterocycles. The lowest BCUT2D eigenvalue weighted by Gasteiger charge is -1.85. The van der Waals surface area contributed by atoms with E-state index in [9.17, 15) is 9.18 Å². The smallest absolute Gasteiger partial charge is 0.427 e. The van der Waals surface area contributed by atoms with Crippen molar-refractivity contribution in [2.45, 2.75) is 6.36 Å². The van der Waals surface area contributed by atoms with E-state index in [1.54, 1.807) is 0 Å². The van der Waals surface area contributed by atoms with Crippen molar-refractivity contribution in [2.24, 2.45) is 0 Å². The Morgan fingerprint density at radius 1 is 1.82 bits per heavy atom. The fourth-order valence-corrected chi connectivity index (χ4v) is 0.306. The molecule has 7 nitrogen and oxygen atoms in total. The van der Waals surface area contributed by atoms with Crippen LogP contribution in [0.3, 0.4) is 0 Å². The van der Waals surface area contributed by atoms with E-state index in [0.717, 1.165) is 0 Å². The molecule has 1 saturated heterocycles. The maximum atomic E-state index is 11.6. The van der Waals surface area contributed by atoms with Crippen LogP contribution in [0.5, 0.6) is 0 Å². The molecule has 64 valence electrons. The van der Waals surface area contributed by atoms with Gasteiger partial charge in [0.25, 0.3) is 11.4 Å². The fraction of sp³-hybridized carbons (Fsp3) is 0.667. The quantitative estimate of drug-likeness (QED) is 0.313. The lowest BCUT2D eigenvalue weighted by molar-refractivity contribution is -0.742. The van der Waals surface area contributed by atoms with E-state index in [1.165, 1.54) is 0 Å². The van der Waals surface area contributed by atoms with Gasteiger partial charge in [0.05, 0.1) is 0 Å². The molecule has 0 saturated carbocycles. The summed E-state index contributed by atoms with van der Waals surface area (Å²) in [4.78, 5) is 18.1. The average Bonchev–Trinajstić information content (AvgIpc) is 2.13. The van der Waals surface area contributed by atoms with Gasteiger partial charge in [-0.3, -0.25) is 0 Å². The number of rotatable bonds is 0. The predicted octanol–water partition coefficient (Wildman–Crippen LogP) is 0.101. The molecule has 1 rings (SSSR count). The van der Waals surface area contributed by atoms with Gasteiger partial charge in [-0.05, 0) is 0 Å². The summed E-state index contributed by atoms with van der Waals surface area (Å²) in [5.41, 5.74) is 0. The minimum Gasteiger partial charge on any atom is -0.427 e. The summed E-state index contributed by atoms with van der Waals surface area (Å²) in [6.07, 6.45) is -2.47. The van der Waals surface area contributed by atoms with E-state index in [-0.39, 0.29) is 6.61 Å². The van der Waals surface area contributed by atoms with Crippen LogP contribution >= 0.6 is 0 Å². The highest BCUT2D eigenvalue weighted by Crippen LogP contribution is 2.05. The van der Waals surface area contributed by atoms with Gasteiger partial charge >= 0.3 is 6.16 Å². The number of cyclic esters (lactones) is 2. The standard InChI is InChI=1S/C3H3FO3.HNO3/c4-2-1-6-3(5)7-2;2-1(3)4/h2H,1H2;(H,2,3,4). The number of carbonyl (C=O) groups excluding carboxylic acids is 1. The van der Waals surface area contributed by atoms with Crippen LogP contribution in [0, 0.1) is 10.1 Å². The van der Waals surface area contributed by atoms with Gasteiger partial charge in [-0.2, -0.15) is 4.39 Å². The molecular formula is C3H4FNO6. The van der Waals surface area contributed by atoms with Crippen molar-refractivity contribution in [1.29, 1.82) is 0 Å². The highest BCUT2D eigenvalue weighted by Gasteiger charge is 2.23. The van der Waals surface area contributed by atoms with Crippen LogP contribution in [-0.2, 0) is 9.47 Å². The van der Waals surface area contributed by atoms with Gasteiger partial charge < -0.3 is 14.7 Å². The molecule has 0 amide bonds. The minimum atomic E-state index is -1.55. The van der Waals surface area contributed by atoms with E-state index in [2.05, 4.69) is 9.47 Å². The molecule has 0 radical (unpaired) electrons. The van der Waals surface area contributed by atoms with Crippen LogP contribution < -0.4 is 0 Å². The molecule has 0 aromatic carbocycles. The largest absolute Gasteiger partial charge is 0.511 e. The van der Waals surface area contributed by atoms with E-state index < -0.39 is 17.6 Å². The molecule has 1 aliphatic heterocycles. The molecule has 0 aromatic rings. The zero-order valence-electron chi connectivity index (χ0n) is 5.10. The van der Waals surface area contributed by atoms with Gasteiger partial charge in [0.2, 0.25) is 0 Å². The van der Waals surface area contributed by atoms with Crippen LogP contribution in [0.2, 0.25) is 0 Å². The van der Waals surface area contributed by atoms with Gasteiger partial charge in [0.1, 0.15) is 0 Å².